The molecule has 0 spiro atoms. The van der Waals surface area contributed by atoms with Crippen molar-refractivity contribution in [2.45, 2.75) is 25.9 Å². The van der Waals surface area contributed by atoms with Gasteiger partial charge in [-0.05, 0) is 44.2 Å². The van der Waals surface area contributed by atoms with Crippen LogP contribution in [0, 0.1) is 0 Å². The first-order chi connectivity index (χ1) is 13.4. The number of carbonyl (C=O) groups is 1. The van der Waals surface area contributed by atoms with Crippen molar-refractivity contribution in [2.24, 2.45) is 0 Å². The van der Waals surface area contributed by atoms with Crippen LogP contribution in [0.25, 0.3) is 0 Å². The number of nitrogens with one attached hydrogen (secondary N) is 1. The molecule has 0 aliphatic carbocycles. The number of alkyl halides is 3. The summed E-state index contributed by atoms with van der Waals surface area (Å²) in [5.74, 6) is 1.07. The van der Waals surface area contributed by atoms with Gasteiger partial charge in [0.05, 0.1) is 12.2 Å². The van der Waals surface area contributed by atoms with Crippen molar-refractivity contribution in [2.75, 3.05) is 26.3 Å². The van der Waals surface area contributed by atoms with E-state index in [0.29, 0.717) is 44.2 Å². The average Bonchev–Trinajstić information content (AvgIpc) is 2.68. The number of para-hydroxylation sites is 2. The van der Waals surface area contributed by atoms with Crippen LogP contribution in [0.15, 0.2) is 48.5 Å². The van der Waals surface area contributed by atoms with E-state index in [0.717, 1.165) is 12.1 Å². The Morgan fingerprint density at radius 2 is 1.69 bits per heavy atom. The molecule has 2 aromatic carbocycles. The summed E-state index contributed by atoms with van der Waals surface area (Å²) in [4.78, 5) is 12.1. The molecule has 0 saturated carbocycles. The number of carbonyl (C=O) groups excluding carboxylic acids is 1. The van der Waals surface area contributed by atoms with Crippen LogP contribution in [0.4, 0.5) is 13.2 Å². The Morgan fingerprint density at radius 1 is 1.00 bits per heavy atom. The lowest BCUT2D eigenvalue weighted by Gasteiger charge is -2.12. The van der Waals surface area contributed by atoms with Gasteiger partial charge in [0.2, 0.25) is 0 Å². The molecule has 29 heavy (non-hydrogen) atoms. The monoisotopic (exact) mass is 431 g/mol. The molecule has 0 aromatic heterocycles. The van der Waals surface area contributed by atoms with Crippen molar-refractivity contribution in [3.05, 3.63) is 59.7 Å². The molecule has 2 rings (SSSR count). The number of rotatable bonds is 11. The molecule has 0 atom stereocenters. The van der Waals surface area contributed by atoms with Gasteiger partial charge < -0.3 is 14.8 Å². The normalized spacial score (nSPS) is 10.9. The Morgan fingerprint density at radius 3 is 2.34 bits per heavy atom. The molecule has 2 aromatic rings. The summed E-state index contributed by atoms with van der Waals surface area (Å²) >= 11 is 0. The Bertz CT molecular complexity index is 769. The van der Waals surface area contributed by atoms with Crippen molar-refractivity contribution in [3.8, 4) is 11.5 Å². The minimum absolute atomic E-state index is 0. The molecule has 0 amide bonds. The highest BCUT2D eigenvalue weighted by atomic mass is 35.5. The second-order valence-electron chi connectivity index (χ2n) is 6.08. The van der Waals surface area contributed by atoms with Gasteiger partial charge in [0.1, 0.15) is 6.61 Å². The largest absolute Gasteiger partial charge is 0.490 e. The number of benzene rings is 2. The zero-order chi connectivity index (χ0) is 20.4. The van der Waals surface area contributed by atoms with E-state index in [-0.39, 0.29) is 30.2 Å². The number of ether oxygens (including phenoxy) is 2. The predicted molar refractivity (Wildman–Crippen MR) is 108 cm³/mol. The summed E-state index contributed by atoms with van der Waals surface area (Å²) in [6.45, 7) is 4.04. The number of Topliss-reactive ketones (excluding diaryl/α,β-unsaturated/α-hetero) is 1. The van der Waals surface area contributed by atoms with Crippen LogP contribution in [0.2, 0.25) is 0 Å². The van der Waals surface area contributed by atoms with E-state index >= 15 is 0 Å². The molecule has 4 nitrogen and oxygen atoms in total. The van der Waals surface area contributed by atoms with E-state index in [2.05, 4.69) is 5.32 Å². The Kier molecular flexibility index (Phi) is 10.5. The Labute approximate surface area is 174 Å². The lowest BCUT2D eigenvalue weighted by atomic mass is 10.0. The zero-order valence-corrected chi connectivity index (χ0v) is 16.9. The van der Waals surface area contributed by atoms with E-state index in [1.54, 1.807) is 0 Å². The standard InChI is InChI=1S/C21H24F3NO3.ClH/c1-2-27-19-10-3-4-11-20(19)28-14-13-25-12-6-9-18(26)16-7-5-8-17(15-16)21(22,23)24;/h3-5,7-8,10-11,15,25H,2,6,9,12-14H2,1H3;1H. The second kappa shape index (κ2) is 12.3. The summed E-state index contributed by atoms with van der Waals surface area (Å²) in [5.41, 5.74) is -0.716. The molecule has 160 valence electrons. The first-order valence-electron chi connectivity index (χ1n) is 9.17. The van der Waals surface area contributed by atoms with Crippen LogP contribution in [-0.2, 0) is 6.18 Å². The SMILES string of the molecule is CCOc1ccccc1OCCNCCCC(=O)c1cccc(C(F)(F)F)c1.Cl. The van der Waals surface area contributed by atoms with Crippen LogP contribution in [0.3, 0.4) is 0 Å². The Balaban J connectivity index is 0.00000420. The van der Waals surface area contributed by atoms with E-state index in [1.807, 2.05) is 31.2 Å². The zero-order valence-electron chi connectivity index (χ0n) is 16.1. The maximum absolute atomic E-state index is 12.7. The minimum atomic E-state index is -4.45. The maximum atomic E-state index is 12.7. The first-order valence-corrected chi connectivity index (χ1v) is 9.17. The van der Waals surface area contributed by atoms with Gasteiger partial charge in [-0.15, -0.1) is 12.4 Å². The quantitative estimate of drug-likeness (QED) is 0.394. The minimum Gasteiger partial charge on any atom is -0.490 e. The van der Waals surface area contributed by atoms with Gasteiger partial charge in [-0.2, -0.15) is 13.2 Å². The first kappa shape index (κ1) is 24.8. The molecule has 0 fully saturated rings. The fraction of sp³-hybridized carbons (Fsp3) is 0.381. The maximum Gasteiger partial charge on any atom is 0.416 e. The average molecular weight is 432 g/mol. The van der Waals surface area contributed by atoms with Gasteiger partial charge in [-0.3, -0.25) is 4.79 Å². The molecule has 8 heteroatoms. The highest BCUT2D eigenvalue weighted by molar-refractivity contribution is 5.96. The molecule has 0 aliphatic rings. The molecule has 0 aliphatic heterocycles. The predicted octanol–water partition coefficient (Wildman–Crippen LogP) is 5.16. The molecule has 0 radical (unpaired) electrons. The molecule has 0 saturated heterocycles. The lowest BCUT2D eigenvalue weighted by Crippen LogP contribution is -2.22. The third kappa shape index (κ3) is 8.33. The number of halogens is 4. The Hall–Kier alpha value is -2.25. The summed E-state index contributed by atoms with van der Waals surface area (Å²) in [7, 11) is 0. The van der Waals surface area contributed by atoms with Crippen molar-refractivity contribution in [1.29, 1.82) is 0 Å². The van der Waals surface area contributed by atoms with Gasteiger partial charge in [-0.1, -0.05) is 24.3 Å². The second-order valence-corrected chi connectivity index (χ2v) is 6.08. The van der Waals surface area contributed by atoms with Crippen molar-refractivity contribution >= 4 is 18.2 Å². The highest BCUT2D eigenvalue weighted by Crippen LogP contribution is 2.29. The number of ketones is 1. The number of hydrogen-bond acceptors (Lipinski definition) is 4. The van der Waals surface area contributed by atoms with E-state index < -0.39 is 11.7 Å². The van der Waals surface area contributed by atoms with Gasteiger partial charge in [-0.25, -0.2) is 0 Å². The van der Waals surface area contributed by atoms with Crippen LogP contribution < -0.4 is 14.8 Å². The smallest absolute Gasteiger partial charge is 0.416 e. The van der Waals surface area contributed by atoms with Crippen molar-refractivity contribution in [3.63, 3.8) is 0 Å². The van der Waals surface area contributed by atoms with E-state index in [1.165, 1.54) is 12.1 Å². The fourth-order valence-corrected chi connectivity index (χ4v) is 2.59. The fourth-order valence-electron chi connectivity index (χ4n) is 2.59. The van der Waals surface area contributed by atoms with E-state index in [9.17, 15) is 18.0 Å². The molecule has 0 heterocycles. The van der Waals surface area contributed by atoms with Gasteiger partial charge in [0.25, 0.3) is 0 Å². The molecule has 1 N–H and O–H groups in total. The summed E-state index contributed by atoms with van der Waals surface area (Å²) < 4.78 is 49.3. The van der Waals surface area contributed by atoms with Crippen molar-refractivity contribution in [1.82, 2.24) is 5.32 Å². The lowest BCUT2D eigenvalue weighted by molar-refractivity contribution is -0.137. The van der Waals surface area contributed by atoms with Crippen LogP contribution >= 0.6 is 12.4 Å². The van der Waals surface area contributed by atoms with Crippen LogP contribution in [-0.4, -0.2) is 32.1 Å². The third-order valence-corrected chi connectivity index (χ3v) is 3.95. The molecular weight excluding hydrogens is 407 g/mol. The molecule has 0 unspecified atom stereocenters. The van der Waals surface area contributed by atoms with Crippen LogP contribution in [0.5, 0.6) is 11.5 Å². The highest BCUT2D eigenvalue weighted by Gasteiger charge is 2.30. The number of hydrogen-bond donors (Lipinski definition) is 1. The summed E-state index contributed by atoms with van der Waals surface area (Å²) in [6.07, 6.45) is -3.73. The topological polar surface area (TPSA) is 47.6 Å². The molecule has 0 bridgehead atoms. The van der Waals surface area contributed by atoms with Gasteiger partial charge >= 0.3 is 6.18 Å². The summed E-state index contributed by atoms with van der Waals surface area (Å²) in [5, 5.41) is 3.15. The third-order valence-electron chi connectivity index (χ3n) is 3.95. The van der Waals surface area contributed by atoms with Gasteiger partial charge in [0, 0.05) is 18.5 Å². The molecular formula is C21H25ClF3NO3. The van der Waals surface area contributed by atoms with Crippen LogP contribution in [0.1, 0.15) is 35.7 Å². The van der Waals surface area contributed by atoms with Gasteiger partial charge in [0.15, 0.2) is 17.3 Å². The van der Waals surface area contributed by atoms with Crippen molar-refractivity contribution < 1.29 is 27.4 Å². The van der Waals surface area contributed by atoms with E-state index in [4.69, 9.17) is 9.47 Å². The summed E-state index contributed by atoms with van der Waals surface area (Å²) in [6, 6.07) is 11.9.